The second-order valence-electron chi connectivity index (χ2n) is 3.49. The van der Waals surface area contributed by atoms with E-state index in [2.05, 4.69) is 0 Å². The summed E-state index contributed by atoms with van der Waals surface area (Å²) in [6.07, 6.45) is -0.686. The molecule has 1 N–H and O–H groups in total. The Labute approximate surface area is 90.0 Å². The Balaban J connectivity index is 4.24. The summed E-state index contributed by atoms with van der Waals surface area (Å²) >= 11 is 0. The first kappa shape index (κ1) is 13.9. The maximum Gasteiger partial charge on any atom is 0.328 e. The van der Waals surface area contributed by atoms with Gasteiger partial charge in [0, 0.05) is 7.05 Å². The summed E-state index contributed by atoms with van der Waals surface area (Å²) < 4.78 is 4.78. The van der Waals surface area contributed by atoms with Gasteiger partial charge in [-0.3, -0.25) is 4.79 Å². The summed E-state index contributed by atoms with van der Waals surface area (Å²) in [4.78, 5) is 24.0. The zero-order chi connectivity index (χ0) is 12.0. The van der Waals surface area contributed by atoms with Crippen molar-refractivity contribution in [2.24, 2.45) is 0 Å². The minimum atomic E-state index is -0.700. The van der Waals surface area contributed by atoms with Gasteiger partial charge in [0.25, 0.3) is 0 Å². The smallest absolute Gasteiger partial charge is 0.328 e. The van der Waals surface area contributed by atoms with E-state index in [9.17, 15) is 9.59 Å². The van der Waals surface area contributed by atoms with Crippen molar-refractivity contribution in [1.82, 2.24) is 4.90 Å². The van der Waals surface area contributed by atoms with Gasteiger partial charge in [0.2, 0.25) is 5.91 Å². The van der Waals surface area contributed by atoms with Gasteiger partial charge < -0.3 is 14.7 Å². The molecule has 0 aromatic carbocycles. The van der Waals surface area contributed by atoms with Crippen molar-refractivity contribution >= 4 is 11.9 Å². The molecule has 0 rings (SSSR count). The molecular weight excluding hydrogens is 198 g/mol. The van der Waals surface area contributed by atoms with Crippen LogP contribution in [0.5, 0.6) is 0 Å². The molecule has 0 aliphatic carbocycles. The average molecular weight is 217 g/mol. The Kier molecular flexibility index (Phi) is 5.93. The first-order valence-electron chi connectivity index (χ1n) is 5.00. The largest absolute Gasteiger partial charge is 0.464 e. The molecule has 15 heavy (non-hydrogen) atoms. The lowest BCUT2D eigenvalue weighted by Crippen LogP contribution is -2.42. The summed E-state index contributed by atoms with van der Waals surface area (Å²) in [5.74, 6) is -0.704. The van der Waals surface area contributed by atoms with E-state index in [4.69, 9.17) is 9.84 Å². The van der Waals surface area contributed by atoms with Gasteiger partial charge in [-0.15, -0.1) is 0 Å². The van der Waals surface area contributed by atoms with Crippen molar-refractivity contribution in [3.63, 3.8) is 0 Å². The predicted octanol–water partition coefficient (Wildman–Crippen LogP) is 0.167. The number of carbonyl (C=O) groups is 2. The van der Waals surface area contributed by atoms with Crippen molar-refractivity contribution in [2.45, 2.75) is 39.3 Å². The minimum Gasteiger partial charge on any atom is -0.464 e. The highest BCUT2D eigenvalue weighted by Gasteiger charge is 2.23. The Bertz CT molecular complexity index is 227. The Hall–Kier alpha value is -1.10. The van der Waals surface area contributed by atoms with E-state index in [0.717, 1.165) is 0 Å². The van der Waals surface area contributed by atoms with Crippen LogP contribution in [0.1, 0.15) is 27.2 Å². The van der Waals surface area contributed by atoms with Crippen LogP contribution in [0, 0.1) is 0 Å². The van der Waals surface area contributed by atoms with Crippen molar-refractivity contribution in [2.75, 3.05) is 13.7 Å². The van der Waals surface area contributed by atoms with E-state index in [1.54, 1.807) is 13.8 Å². The molecule has 0 aliphatic rings. The molecule has 0 aromatic heterocycles. The predicted molar refractivity (Wildman–Crippen MR) is 55.2 cm³/mol. The van der Waals surface area contributed by atoms with E-state index >= 15 is 0 Å². The van der Waals surface area contributed by atoms with Crippen molar-refractivity contribution < 1.29 is 19.4 Å². The number of amides is 1. The quantitative estimate of drug-likeness (QED) is 0.666. The summed E-state index contributed by atoms with van der Waals surface area (Å²) in [6, 6.07) is -0.615. The van der Waals surface area contributed by atoms with Crippen LogP contribution in [0.25, 0.3) is 0 Å². The topological polar surface area (TPSA) is 66.8 Å². The maximum atomic E-state index is 11.5. The van der Waals surface area contributed by atoms with Gasteiger partial charge >= 0.3 is 5.97 Å². The highest BCUT2D eigenvalue weighted by Crippen LogP contribution is 2.03. The van der Waals surface area contributed by atoms with Gasteiger partial charge in [0.15, 0.2) is 0 Å². The number of aliphatic hydroxyl groups is 1. The number of hydrogen-bond acceptors (Lipinski definition) is 4. The van der Waals surface area contributed by atoms with Crippen LogP contribution in [0.3, 0.4) is 0 Å². The molecule has 0 aliphatic heterocycles. The van der Waals surface area contributed by atoms with E-state index in [-0.39, 0.29) is 12.3 Å². The second kappa shape index (κ2) is 6.40. The number of likely N-dealkylation sites (N-methyl/N-ethyl adjacent to an activating group) is 1. The molecule has 1 amide bonds. The lowest BCUT2D eigenvalue weighted by Gasteiger charge is -2.23. The number of esters is 1. The molecule has 0 saturated heterocycles. The summed E-state index contributed by atoms with van der Waals surface area (Å²) in [5.41, 5.74) is 0. The molecule has 0 radical (unpaired) electrons. The van der Waals surface area contributed by atoms with Crippen molar-refractivity contribution in [3.05, 3.63) is 0 Å². The first-order valence-corrected chi connectivity index (χ1v) is 5.00. The summed E-state index contributed by atoms with van der Waals surface area (Å²) in [6.45, 7) is 5.13. The number of carbonyl (C=O) groups excluding carboxylic acids is 2. The van der Waals surface area contributed by atoms with Gasteiger partial charge in [-0.25, -0.2) is 4.79 Å². The highest BCUT2D eigenvalue weighted by atomic mass is 16.5. The monoisotopic (exact) mass is 217 g/mol. The number of nitrogens with zero attached hydrogens (tertiary/aromatic N) is 1. The van der Waals surface area contributed by atoms with Gasteiger partial charge in [-0.2, -0.15) is 0 Å². The van der Waals surface area contributed by atoms with Crippen molar-refractivity contribution in [1.29, 1.82) is 0 Å². The molecule has 0 aromatic rings. The molecule has 88 valence electrons. The molecule has 0 heterocycles. The zero-order valence-electron chi connectivity index (χ0n) is 9.69. The Morgan fingerprint density at radius 1 is 1.40 bits per heavy atom. The van der Waals surface area contributed by atoms with Crippen LogP contribution in [-0.2, 0) is 14.3 Å². The van der Waals surface area contributed by atoms with Crippen LogP contribution in [0.4, 0.5) is 0 Å². The number of hydrogen-bond donors (Lipinski definition) is 1. The molecule has 1 unspecified atom stereocenters. The maximum absolute atomic E-state index is 11.5. The third-order valence-electron chi connectivity index (χ3n) is 2.07. The van der Waals surface area contributed by atoms with E-state index in [0.29, 0.717) is 6.61 Å². The van der Waals surface area contributed by atoms with E-state index in [1.165, 1.54) is 18.9 Å². The Morgan fingerprint density at radius 2 is 1.93 bits per heavy atom. The SMILES string of the molecule is CCOC(=O)[C@@H](C)N(C)C(=O)CC(C)O. The lowest BCUT2D eigenvalue weighted by atomic mass is 10.2. The highest BCUT2D eigenvalue weighted by molar-refractivity contribution is 5.84. The molecule has 0 bridgehead atoms. The summed E-state index contributed by atoms with van der Waals surface area (Å²) in [5, 5.41) is 9.03. The molecule has 5 heteroatoms. The normalized spacial score (nSPS) is 14.2. The number of rotatable bonds is 5. The van der Waals surface area contributed by atoms with Gasteiger partial charge in [-0.05, 0) is 20.8 Å². The fourth-order valence-corrected chi connectivity index (χ4v) is 1.03. The number of aliphatic hydroxyl groups excluding tert-OH is 1. The molecule has 0 spiro atoms. The fraction of sp³-hybridized carbons (Fsp3) is 0.800. The second-order valence-corrected chi connectivity index (χ2v) is 3.49. The fourth-order valence-electron chi connectivity index (χ4n) is 1.03. The first-order chi connectivity index (χ1) is 6.90. The van der Waals surface area contributed by atoms with Crippen LogP contribution in [0.15, 0.2) is 0 Å². The Morgan fingerprint density at radius 3 is 2.33 bits per heavy atom. The van der Waals surface area contributed by atoms with Gasteiger partial charge in [-0.1, -0.05) is 0 Å². The van der Waals surface area contributed by atoms with E-state index in [1.807, 2.05) is 0 Å². The van der Waals surface area contributed by atoms with Gasteiger partial charge in [0.05, 0.1) is 19.1 Å². The molecule has 5 nitrogen and oxygen atoms in total. The summed E-state index contributed by atoms with van der Waals surface area (Å²) in [7, 11) is 1.52. The van der Waals surface area contributed by atoms with Gasteiger partial charge in [0.1, 0.15) is 6.04 Å². The van der Waals surface area contributed by atoms with Crippen LogP contribution < -0.4 is 0 Å². The number of ether oxygens (including phenoxy) is 1. The molecule has 0 fully saturated rings. The third-order valence-corrected chi connectivity index (χ3v) is 2.07. The van der Waals surface area contributed by atoms with E-state index < -0.39 is 18.1 Å². The van der Waals surface area contributed by atoms with Crippen LogP contribution in [-0.4, -0.2) is 47.7 Å². The standard InChI is InChI=1S/C10H19NO4/c1-5-15-10(14)8(3)11(4)9(13)6-7(2)12/h7-8,12H,5-6H2,1-4H3/t7?,8-/m1/s1. The lowest BCUT2D eigenvalue weighted by molar-refractivity contribution is -0.153. The minimum absolute atomic E-state index is 0.0141. The molecular formula is C10H19NO4. The van der Waals surface area contributed by atoms with Crippen LogP contribution in [0.2, 0.25) is 0 Å². The molecule has 0 saturated carbocycles. The molecule has 2 atom stereocenters. The third kappa shape index (κ3) is 4.78. The average Bonchev–Trinajstić information content (AvgIpc) is 2.14. The van der Waals surface area contributed by atoms with Crippen molar-refractivity contribution in [3.8, 4) is 0 Å². The zero-order valence-corrected chi connectivity index (χ0v) is 9.69. The van der Waals surface area contributed by atoms with Crippen LogP contribution >= 0.6 is 0 Å².